The van der Waals surface area contributed by atoms with E-state index >= 15 is 0 Å². The lowest BCUT2D eigenvalue weighted by molar-refractivity contribution is -0.121. The number of nitrogens with one attached hydrogen (secondary N) is 1. The van der Waals surface area contributed by atoms with Crippen LogP contribution in [0.15, 0.2) is 47.4 Å². The normalized spacial score (nSPS) is 19.5. The largest absolute Gasteiger partial charge is 0.490 e. The molecule has 2 aromatic rings. The zero-order valence-corrected chi connectivity index (χ0v) is 19.3. The molecule has 0 bridgehead atoms. The zero-order valence-electron chi connectivity index (χ0n) is 18.4. The van der Waals surface area contributed by atoms with Gasteiger partial charge in [0, 0.05) is 22.8 Å². The van der Waals surface area contributed by atoms with Crippen LogP contribution in [0, 0.1) is 5.92 Å². The van der Waals surface area contributed by atoms with Crippen LogP contribution in [0.5, 0.6) is 11.5 Å². The van der Waals surface area contributed by atoms with Crippen molar-refractivity contribution in [1.82, 2.24) is 4.72 Å². The van der Waals surface area contributed by atoms with Crippen LogP contribution in [-0.2, 0) is 4.79 Å². The van der Waals surface area contributed by atoms with Crippen LogP contribution in [0.4, 0.5) is 0 Å². The third-order valence-corrected chi connectivity index (χ3v) is 6.77. The summed E-state index contributed by atoms with van der Waals surface area (Å²) in [5.41, 5.74) is 2.54. The number of carbonyl (C=O) groups excluding carboxylic acids is 1. The third kappa shape index (κ3) is 5.38. The number of ketones is 1. The molecular formula is C25H33NO3S. The van der Waals surface area contributed by atoms with Gasteiger partial charge in [-0.2, -0.15) is 0 Å². The van der Waals surface area contributed by atoms with Gasteiger partial charge in [-0.1, -0.05) is 37.3 Å². The Balaban J connectivity index is 2.01. The lowest BCUT2D eigenvalue weighted by Gasteiger charge is -2.24. The van der Waals surface area contributed by atoms with E-state index in [1.165, 1.54) is 11.1 Å². The predicted molar refractivity (Wildman–Crippen MR) is 124 cm³/mol. The highest BCUT2D eigenvalue weighted by atomic mass is 32.2. The van der Waals surface area contributed by atoms with Gasteiger partial charge in [-0.15, -0.1) is 0 Å². The molecule has 0 amide bonds. The maximum atomic E-state index is 12.1. The van der Waals surface area contributed by atoms with Crippen molar-refractivity contribution < 1.29 is 14.3 Å². The zero-order chi connectivity index (χ0) is 21.5. The molecule has 0 radical (unpaired) electrons. The molecule has 0 fully saturated rings. The average Bonchev–Trinajstić information content (AvgIpc) is 2.92. The van der Waals surface area contributed by atoms with Gasteiger partial charge in [0.05, 0.1) is 13.2 Å². The molecule has 0 aliphatic carbocycles. The quantitative estimate of drug-likeness (QED) is 0.498. The van der Waals surface area contributed by atoms with Gasteiger partial charge in [-0.05, 0) is 75.2 Å². The summed E-state index contributed by atoms with van der Waals surface area (Å²) >= 11 is 1.65. The fourth-order valence-electron chi connectivity index (χ4n) is 4.17. The minimum absolute atomic E-state index is 0.0960. The van der Waals surface area contributed by atoms with Crippen molar-refractivity contribution in [3.63, 3.8) is 0 Å². The van der Waals surface area contributed by atoms with E-state index in [9.17, 15) is 4.79 Å². The summed E-state index contributed by atoms with van der Waals surface area (Å²) in [5.74, 6) is 2.19. The van der Waals surface area contributed by atoms with E-state index in [0.717, 1.165) is 35.7 Å². The number of Topliss-reactive ketones (excluding diaryl/α,β-unsaturated/α-hetero) is 1. The molecule has 1 N–H and O–H groups in total. The minimum Gasteiger partial charge on any atom is -0.490 e. The monoisotopic (exact) mass is 427 g/mol. The third-order valence-electron chi connectivity index (χ3n) is 5.75. The molecule has 1 heterocycles. The maximum absolute atomic E-state index is 12.1. The minimum atomic E-state index is 0.0960. The number of benzene rings is 2. The Morgan fingerprint density at radius 1 is 1.10 bits per heavy atom. The molecule has 0 spiro atoms. The fraction of sp³-hybridized carbons (Fsp3) is 0.480. The molecule has 5 heteroatoms. The molecule has 162 valence electrons. The first-order valence-corrected chi connectivity index (χ1v) is 11.8. The second kappa shape index (κ2) is 10.9. The average molecular weight is 428 g/mol. The number of ether oxygens (including phenoxy) is 2. The summed E-state index contributed by atoms with van der Waals surface area (Å²) in [6.07, 6.45) is 2.67. The maximum Gasteiger partial charge on any atom is 0.162 e. The number of fused-ring (bicyclic) bond motifs is 1. The molecule has 1 aliphatic heterocycles. The smallest absolute Gasteiger partial charge is 0.162 e. The Labute approximate surface area is 184 Å². The number of carbonyl (C=O) groups is 1. The van der Waals surface area contributed by atoms with Gasteiger partial charge < -0.3 is 9.47 Å². The number of rotatable bonds is 9. The van der Waals surface area contributed by atoms with Gasteiger partial charge in [0.25, 0.3) is 0 Å². The van der Waals surface area contributed by atoms with E-state index in [1.54, 1.807) is 18.9 Å². The number of hydrogen-bond acceptors (Lipinski definition) is 5. The molecule has 3 atom stereocenters. The van der Waals surface area contributed by atoms with Crippen LogP contribution in [0.3, 0.4) is 0 Å². The standard InChI is InChI=1S/C25H33NO3S/c1-5-18(17(4)27)13-20-14-21(19-11-9-8-10-12-19)22-15-23(28-6-2)24(29-7-3)16-25(22)30-26-20/h8-12,15-16,18,20-21,26H,5-7,13-14H2,1-4H3/t18?,20-,21+/m1/s1. The van der Waals surface area contributed by atoms with E-state index in [0.29, 0.717) is 13.2 Å². The summed E-state index contributed by atoms with van der Waals surface area (Å²) in [7, 11) is 0. The van der Waals surface area contributed by atoms with Crippen LogP contribution >= 0.6 is 11.9 Å². The van der Waals surface area contributed by atoms with Crippen LogP contribution in [-0.4, -0.2) is 25.0 Å². The van der Waals surface area contributed by atoms with Crippen LogP contribution in [0.2, 0.25) is 0 Å². The van der Waals surface area contributed by atoms with Crippen LogP contribution in [0.25, 0.3) is 0 Å². The molecule has 4 nitrogen and oxygen atoms in total. The van der Waals surface area contributed by atoms with E-state index in [1.807, 2.05) is 13.8 Å². The Morgan fingerprint density at radius 3 is 2.37 bits per heavy atom. The highest BCUT2D eigenvalue weighted by Gasteiger charge is 2.30. The molecule has 1 aliphatic rings. The lowest BCUT2D eigenvalue weighted by Crippen LogP contribution is -2.28. The van der Waals surface area contributed by atoms with Gasteiger partial charge >= 0.3 is 0 Å². The molecule has 1 unspecified atom stereocenters. The first-order valence-electron chi connectivity index (χ1n) is 11.0. The topological polar surface area (TPSA) is 47.6 Å². The van der Waals surface area contributed by atoms with Gasteiger partial charge in [-0.25, -0.2) is 0 Å². The van der Waals surface area contributed by atoms with Crippen molar-refractivity contribution in [2.75, 3.05) is 13.2 Å². The second-order valence-corrected chi connectivity index (χ2v) is 8.65. The molecule has 2 aromatic carbocycles. The van der Waals surface area contributed by atoms with Crippen molar-refractivity contribution in [3.8, 4) is 11.5 Å². The van der Waals surface area contributed by atoms with Gasteiger partial charge in [0.1, 0.15) is 5.78 Å². The van der Waals surface area contributed by atoms with Crippen molar-refractivity contribution >= 4 is 17.7 Å². The molecule has 0 saturated carbocycles. The molecule has 30 heavy (non-hydrogen) atoms. The summed E-state index contributed by atoms with van der Waals surface area (Å²) in [5, 5.41) is 0. The summed E-state index contributed by atoms with van der Waals surface area (Å²) < 4.78 is 15.4. The van der Waals surface area contributed by atoms with E-state index < -0.39 is 0 Å². The summed E-state index contributed by atoms with van der Waals surface area (Å²) in [6, 6.07) is 15.1. The Hall–Kier alpha value is -1.98. The molecule has 0 saturated heterocycles. The van der Waals surface area contributed by atoms with E-state index in [2.05, 4.69) is 54.1 Å². The molecule has 0 aromatic heterocycles. The highest BCUT2D eigenvalue weighted by molar-refractivity contribution is 7.97. The van der Waals surface area contributed by atoms with Gasteiger partial charge in [-0.3, -0.25) is 9.52 Å². The van der Waals surface area contributed by atoms with Gasteiger partial charge in [0.15, 0.2) is 11.5 Å². The van der Waals surface area contributed by atoms with E-state index in [-0.39, 0.29) is 23.7 Å². The fourth-order valence-corrected chi connectivity index (χ4v) is 5.14. The van der Waals surface area contributed by atoms with Crippen LogP contribution in [0.1, 0.15) is 64.0 Å². The van der Waals surface area contributed by atoms with Gasteiger partial charge in [0.2, 0.25) is 0 Å². The van der Waals surface area contributed by atoms with Crippen molar-refractivity contribution in [1.29, 1.82) is 0 Å². The van der Waals surface area contributed by atoms with Crippen molar-refractivity contribution in [2.45, 2.75) is 63.8 Å². The Morgan fingerprint density at radius 2 is 1.77 bits per heavy atom. The highest BCUT2D eigenvalue weighted by Crippen LogP contribution is 2.44. The Bertz CT molecular complexity index is 840. The van der Waals surface area contributed by atoms with E-state index in [4.69, 9.17) is 9.47 Å². The molecule has 3 rings (SSSR count). The molecular weight excluding hydrogens is 394 g/mol. The van der Waals surface area contributed by atoms with Crippen molar-refractivity contribution in [2.24, 2.45) is 5.92 Å². The lowest BCUT2D eigenvalue weighted by atomic mass is 9.83. The summed E-state index contributed by atoms with van der Waals surface area (Å²) in [6.45, 7) is 8.99. The SMILES string of the molecule is CCOc1cc2c(cc1OCC)[C@H](c1ccccc1)C[C@@H](CC(CC)C(C)=O)NS2. The number of hydrogen-bond donors (Lipinski definition) is 1. The first-order chi connectivity index (χ1) is 14.6. The first kappa shape index (κ1) is 22.7. The van der Waals surface area contributed by atoms with Crippen LogP contribution < -0.4 is 14.2 Å². The second-order valence-electron chi connectivity index (χ2n) is 7.77. The van der Waals surface area contributed by atoms with Crippen molar-refractivity contribution in [3.05, 3.63) is 53.6 Å². The Kier molecular flexibility index (Phi) is 8.23. The summed E-state index contributed by atoms with van der Waals surface area (Å²) in [4.78, 5) is 13.2. The predicted octanol–water partition coefficient (Wildman–Crippen LogP) is 5.99.